The van der Waals surface area contributed by atoms with Crippen molar-refractivity contribution < 1.29 is 9.47 Å². The number of nitrogens with two attached hydrogens (primary N) is 1. The molecule has 2 aromatic rings. The summed E-state index contributed by atoms with van der Waals surface area (Å²) in [4.78, 5) is 0. The largest absolute Gasteiger partial charge is 0.493 e. The van der Waals surface area contributed by atoms with Gasteiger partial charge in [0.25, 0.3) is 0 Å². The Hall–Kier alpha value is -1.43. The fourth-order valence-electron chi connectivity index (χ4n) is 2.07. The molecule has 1 aromatic heterocycles. The van der Waals surface area contributed by atoms with E-state index in [1.807, 2.05) is 14.0 Å². The Morgan fingerprint density at radius 2 is 2.05 bits per heavy atom. The van der Waals surface area contributed by atoms with Crippen LogP contribution < -0.4 is 15.2 Å². The molecule has 0 aliphatic heterocycles. The molecule has 0 spiro atoms. The van der Waals surface area contributed by atoms with Crippen LogP contribution in [-0.2, 0) is 20.2 Å². The van der Waals surface area contributed by atoms with Gasteiger partial charge >= 0.3 is 0 Å². The van der Waals surface area contributed by atoms with E-state index in [1.54, 1.807) is 23.9 Å². The summed E-state index contributed by atoms with van der Waals surface area (Å²) in [6, 6.07) is 3.45. The molecule has 1 heterocycles. The number of ether oxygens (including phenoxy) is 2. The Morgan fingerprint density at radius 1 is 1.33 bits per heavy atom. The Bertz CT molecular complexity index is 631. The first kappa shape index (κ1) is 15.9. The predicted octanol–water partition coefficient (Wildman–Crippen LogP) is 3.08. The van der Waals surface area contributed by atoms with Crippen LogP contribution in [0.4, 0.5) is 0 Å². The molecule has 5 nitrogen and oxygen atoms in total. The fraction of sp³-hybridized carbons (Fsp3) is 0.357. The van der Waals surface area contributed by atoms with E-state index in [9.17, 15) is 0 Å². The van der Waals surface area contributed by atoms with Gasteiger partial charge in [-0.15, -0.1) is 0 Å². The van der Waals surface area contributed by atoms with Crippen molar-refractivity contribution in [2.24, 2.45) is 12.8 Å². The molecule has 0 fully saturated rings. The molecule has 0 bridgehead atoms. The second-order valence-electron chi connectivity index (χ2n) is 4.56. The Labute approximate surface area is 133 Å². The molecule has 21 heavy (non-hydrogen) atoms. The van der Waals surface area contributed by atoms with Crippen LogP contribution in [0.2, 0.25) is 10.0 Å². The second-order valence-corrected chi connectivity index (χ2v) is 5.37. The molecule has 0 radical (unpaired) electrons. The summed E-state index contributed by atoms with van der Waals surface area (Å²) in [5, 5.41) is 5.40. The molecule has 2 rings (SSSR count). The lowest BCUT2D eigenvalue weighted by Crippen LogP contribution is -2.07. The fourth-order valence-corrected chi connectivity index (χ4v) is 2.51. The van der Waals surface area contributed by atoms with Crippen molar-refractivity contribution in [2.75, 3.05) is 7.11 Å². The summed E-state index contributed by atoms with van der Waals surface area (Å²) in [5.41, 5.74) is 8.06. The molecule has 0 amide bonds. The monoisotopic (exact) mass is 329 g/mol. The van der Waals surface area contributed by atoms with Crippen LogP contribution in [0.25, 0.3) is 0 Å². The van der Waals surface area contributed by atoms with Crippen LogP contribution in [0.5, 0.6) is 11.5 Å². The Kier molecular flexibility index (Phi) is 4.98. The minimum absolute atomic E-state index is 0.265. The number of rotatable bonds is 5. The van der Waals surface area contributed by atoms with Crippen molar-refractivity contribution in [2.45, 2.75) is 20.1 Å². The van der Waals surface area contributed by atoms with Crippen molar-refractivity contribution in [3.8, 4) is 11.5 Å². The van der Waals surface area contributed by atoms with E-state index in [0.717, 1.165) is 17.0 Å². The average molecular weight is 330 g/mol. The van der Waals surface area contributed by atoms with E-state index in [1.165, 1.54) is 0 Å². The van der Waals surface area contributed by atoms with E-state index < -0.39 is 0 Å². The molecular weight excluding hydrogens is 313 g/mol. The van der Waals surface area contributed by atoms with Crippen LogP contribution in [0, 0.1) is 6.92 Å². The highest BCUT2D eigenvalue weighted by Crippen LogP contribution is 2.35. The third-order valence-electron chi connectivity index (χ3n) is 3.15. The first-order chi connectivity index (χ1) is 9.97. The lowest BCUT2D eigenvalue weighted by Gasteiger charge is -2.15. The smallest absolute Gasteiger partial charge is 0.166 e. The maximum atomic E-state index is 6.21. The van der Waals surface area contributed by atoms with Crippen LogP contribution in [0.15, 0.2) is 12.1 Å². The van der Waals surface area contributed by atoms with E-state index in [0.29, 0.717) is 28.1 Å². The van der Waals surface area contributed by atoms with E-state index in [-0.39, 0.29) is 6.61 Å². The maximum absolute atomic E-state index is 6.21. The van der Waals surface area contributed by atoms with Gasteiger partial charge in [0.15, 0.2) is 11.5 Å². The third kappa shape index (κ3) is 3.26. The van der Waals surface area contributed by atoms with E-state index in [2.05, 4.69) is 5.10 Å². The van der Waals surface area contributed by atoms with Gasteiger partial charge in [0.05, 0.1) is 23.5 Å². The summed E-state index contributed by atoms with van der Waals surface area (Å²) < 4.78 is 12.9. The zero-order valence-electron chi connectivity index (χ0n) is 12.1. The van der Waals surface area contributed by atoms with Crippen molar-refractivity contribution in [1.82, 2.24) is 9.78 Å². The molecule has 0 saturated heterocycles. The zero-order chi connectivity index (χ0) is 15.6. The lowest BCUT2D eigenvalue weighted by atomic mass is 10.2. The number of nitrogens with zero attached hydrogens (tertiary/aromatic N) is 2. The molecule has 0 aliphatic carbocycles. The summed E-state index contributed by atoms with van der Waals surface area (Å²) in [6.07, 6.45) is 0. The lowest BCUT2D eigenvalue weighted by molar-refractivity contribution is 0.273. The van der Waals surface area contributed by atoms with Crippen molar-refractivity contribution in [3.05, 3.63) is 39.1 Å². The highest BCUT2D eigenvalue weighted by Gasteiger charge is 2.16. The first-order valence-electron chi connectivity index (χ1n) is 6.35. The molecule has 114 valence electrons. The Balaban J connectivity index is 2.31. The van der Waals surface area contributed by atoms with Crippen LogP contribution in [0.3, 0.4) is 0 Å². The second kappa shape index (κ2) is 6.56. The molecule has 0 saturated carbocycles. The van der Waals surface area contributed by atoms with E-state index >= 15 is 0 Å². The summed E-state index contributed by atoms with van der Waals surface area (Å²) in [6.45, 7) is 2.41. The number of hydrogen-bond donors (Lipinski definition) is 1. The maximum Gasteiger partial charge on any atom is 0.166 e. The molecule has 0 aliphatic rings. The highest BCUT2D eigenvalue weighted by molar-refractivity contribution is 6.31. The number of methoxy groups -OCH3 is 1. The molecule has 0 unspecified atom stereocenters. The normalized spacial score (nSPS) is 10.8. The van der Waals surface area contributed by atoms with Gasteiger partial charge < -0.3 is 15.2 Å². The molecule has 7 heteroatoms. The van der Waals surface area contributed by atoms with Crippen molar-refractivity contribution in [1.29, 1.82) is 0 Å². The zero-order valence-corrected chi connectivity index (χ0v) is 13.6. The molecule has 0 atom stereocenters. The van der Waals surface area contributed by atoms with Crippen molar-refractivity contribution in [3.63, 3.8) is 0 Å². The van der Waals surface area contributed by atoms with Gasteiger partial charge in [-0.2, -0.15) is 5.10 Å². The average Bonchev–Trinajstić information content (AvgIpc) is 2.70. The van der Waals surface area contributed by atoms with Gasteiger partial charge in [-0.3, -0.25) is 4.68 Å². The number of benzene rings is 1. The Morgan fingerprint density at radius 3 is 2.57 bits per heavy atom. The van der Waals surface area contributed by atoms with Gasteiger partial charge in [-0.25, -0.2) is 0 Å². The summed E-state index contributed by atoms with van der Waals surface area (Å²) in [5.74, 6) is 1.11. The number of aryl methyl sites for hydroxylation is 2. The highest BCUT2D eigenvalue weighted by atomic mass is 35.5. The molecule has 1 aromatic carbocycles. The van der Waals surface area contributed by atoms with E-state index in [4.69, 9.17) is 38.4 Å². The van der Waals surface area contributed by atoms with Crippen LogP contribution >= 0.6 is 23.2 Å². The molecule has 2 N–H and O–H groups in total. The molecular formula is C14H17Cl2N3O2. The first-order valence-corrected chi connectivity index (χ1v) is 7.10. The predicted molar refractivity (Wildman–Crippen MR) is 83.2 cm³/mol. The summed E-state index contributed by atoms with van der Waals surface area (Å²) >= 11 is 12.2. The van der Waals surface area contributed by atoms with Gasteiger partial charge in [-0.1, -0.05) is 23.2 Å². The van der Waals surface area contributed by atoms with Crippen LogP contribution in [0.1, 0.15) is 17.0 Å². The SMILES string of the molecule is COc1cc(Cl)cc(CN)c1OCc1c(Cl)c(C)nn1C. The number of halogens is 2. The van der Waals surface area contributed by atoms with Gasteiger partial charge in [0.2, 0.25) is 0 Å². The quantitative estimate of drug-likeness (QED) is 0.915. The van der Waals surface area contributed by atoms with Gasteiger partial charge in [-0.05, 0) is 13.0 Å². The minimum atomic E-state index is 0.265. The summed E-state index contributed by atoms with van der Waals surface area (Å²) in [7, 11) is 3.38. The van der Waals surface area contributed by atoms with Gasteiger partial charge in [0, 0.05) is 30.2 Å². The van der Waals surface area contributed by atoms with Gasteiger partial charge in [0.1, 0.15) is 6.61 Å². The minimum Gasteiger partial charge on any atom is -0.493 e. The van der Waals surface area contributed by atoms with Crippen LogP contribution in [-0.4, -0.2) is 16.9 Å². The number of aromatic nitrogens is 2. The number of hydrogen-bond acceptors (Lipinski definition) is 4. The van der Waals surface area contributed by atoms with Crippen molar-refractivity contribution >= 4 is 23.2 Å². The standard InChI is InChI=1S/C14H17Cl2N3O2/c1-8-13(16)11(19(2)18-8)7-21-14-9(6-17)4-10(15)5-12(14)20-3/h4-5H,6-7,17H2,1-3H3. The third-order valence-corrected chi connectivity index (χ3v) is 3.86. The topological polar surface area (TPSA) is 62.3 Å².